The van der Waals surface area contributed by atoms with E-state index in [9.17, 15) is 8.42 Å². The average Bonchev–Trinajstić information content (AvgIpc) is 2.64. The standard InChI is InChI=1S/C18H32N4O4S.HI/c1-4-19-18(20-10-5-13-26-15-14-25-3)21-11-12-22-27(23,24)17-8-6-16(2)7-9-17;/h6-9,22H,4-5,10-15H2,1-3H3,(H2,19,20,21);1H. The minimum atomic E-state index is -3.50. The number of aryl methyl sites for hydroxylation is 1. The molecule has 1 aromatic carbocycles. The molecule has 1 rings (SSSR count). The molecule has 0 fully saturated rings. The summed E-state index contributed by atoms with van der Waals surface area (Å²) in [6.07, 6.45) is 0.806. The Morgan fingerprint density at radius 3 is 2.43 bits per heavy atom. The molecule has 10 heteroatoms. The molecule has 0 aromatic heterocycles. The summed E-state index contributed by atoms with van der Waals surface area (Å²) in [6, 6.07) is 6.76. The van der Waals surface area contributed by atoms with Crippen LogP contribution in [-0.4, -0.2) is 67.5 Å². The van der Waals surface area contributed by atoms with Crippen LogP contribution in [0, 0.1) is 6.92 Å². The summed E-state index contributed by atoms with van der Waals surface area (Å²) in [4.78, 5) is 4.70. The highest BCUT2D eigenvalue weighted by molar-refractivity contribution is 14.0. The smallest absolute Gasteiger partial charge is 0.240 e. The molecule has 0 radical (unpaired) electrons. The molecule has 0 unspecified atom stereocenters. The van der Waals surface area contributed by atoms with Crippen molar-refractivity contribution < 1.29 is 17.9 Å². The fourth-order valence-electron chi connectivity index (χ4n) is 2.11. The maximum absolute atomic E-state index is 12.2. The normalized spacial score (nSPS) is 11.8. The minimum Gasteiger partial charge on any atom is -0.382 e. The van der Waals surface area contributed by atoms with E-state index in [2.05, 4.69) is 20.3 Å². The molecule has 0 spiro atoms. The fraction of sp³-hybridized carbons (Fsp3) is 0.611. The average molecular weight is 528 g/mol. The summed E-state index contributed by atoms with van der Waals surface area (Å²) >= 11 is 0. The molecule has 0 bridgehead atoms. The summed E-state index contributed by atoms with van der Waals surface area (Å²) in [6.45, 7) is 7.74. The Balaban J connectivity index is 0.00000729. The summed E-state index contributed by atoms with van der Waals surface area (Å²) in [7, 11) is -1.85. The summed E-state index contributed by atoms with van der Waals surface area (Å²) in [5, 5.41) is 6.25. The van der Waals surface area contributed by atoms with E-state index in [0.717, 1.165) is 18.5 Å². The van der Waals surface area contributed by atoms with Crippen LogP contribution in [0.1, 0.15) is 18.9 Å². The number of hydrogen-bond donors (Lipinski definition) is 3. The van der Waals surface area contributed by atoms with Gasteiger partial charge in [0.15, 0.2) is 5.96 Å². The Morgan fingerprint density at radius 1 is 1.07 bits per heavy atom. The van der Waals surface area contributed by atoms with Gasteiger partial charge in [-0.2, -0.15) is 0 Å². The number of aliphatic imine (C=N–C) groups is 1. The Kier molecular flexibility index (Phi) is 15.4. The summed E-state index contributed by atoms with van der Waals surface area (Å²) in [5.41, 5.74) is 1.02. The third-order valence-electron chi connectivity index (χ3n) is 3.53. The number of rotatable bonds is 13. The molecule has 0 aliphatic carbocycles. The van der Waals surface area contributed by atoms with E-state index in [-0.39, 0.29) is 35.4 Å². The third kappa shape index (κ3) is 11.8. The SMILES string of the molecule is CCNC(=NCCCOCCOC)NCCNS(=O)(=O)c1ccc(C)cc1.I. The Morgan fingerprint density at radius 2 is 1.79 bits per heavy atom. The van der Waals surface area contributed by atoms with E-state index in [1.54, 1.807) is 31.4 Å². The molecule has 162 valence electrons. The number of ether oxygens (including phenoxy) is 2. The molecule has 0 saturated heterocycles. The van der Waals surface area contributed by atoms with Crippen LogP contribution < -0.4 is 15.4 Å². The van der Waals surface area contributed by atoms with Crippen molar-refractivity contribution in [1.82, 2.24) is 15.4 Å². The molecule has 0 saturated carbocycles. The highest BCUT2D eigenvalue weighted by Crippen LogP contribution is 2.09. The second-order valence-corrected chi connectivity index (χ2v) is 7.62. The maximum atomic E-state index is 12.2. The molecule has 0 amide bonds. The lowest BCUT2D eigenvalue weighted by Crippen LogP contribution is -2.41. The first kappa shape index (κ1) is 27.0. The van der Waals surface area contributed by atoms with Crippen LogP contribution in [0.5, 0.6) is 0 Å². The molecular formula is C18H33IN4O4S. The van der Waals surface area contributed by atoms with Crippen molar-refractivity contribution in [2.45, 2.75) is 25.2 Å². The van der Waals surface area contributed by atoms with E-state index in [1.807, 2.05) is 13.8 Å². The topological polar surface area (TPSA) is 101 Å². The lowest BCUT2D eigenvalue weighted by Gasteiger charge is -2.12. The van der Waals surface area contributed by atoms with Crippen LogP contribution in [0.3, 0.4) is 0 Å². The van der Waals surface area contributed by atoms with Crippen LogP contribution in [0.25, 0.3) is 0 Å². The molecule has 1 aromatic rings. The molecule has 28 heavy (non-hydrogen) atoms. The van der Waals surface area contributed by atoms with Crippen LogP contribution in [0.2, 0.25) is 0 Å². The lowest BCUT2D eigenvalue weighted by atomic mass is 10.2. The predicted molar refractivity (Wildman–Crippen MR) is 123 cm³/mol. The van der Waals surface area contributed by atoms with E-state index < -0.39 is 10.0 Å². The van der Waals surface area contributed by atoms with E-state index in [0.29, 0.717) is 38.9 Å². The third-order valence-corrected chi connectivity index (χ3v) is 5.01. The molecule has 8 nitrogen and oxygen atoms in total. The Hall–Kier alpha value is -0.950. The van der Waals surface area contributed by atoms with Gasteiger partial charge in [-0.15, -0.1) is 24.0 Å². The van der Waals surface area contributed by atoms with Gasteiger partial charge in [0.25, 0.3) is 0 Å². The number of benzene rings is 1. The summed E-state index contributed by atoms with van der Waals surface area (Å²) in [5.74, 6) is 0.656. The van der Waals surface area contributed by atoms with Crippen molar-refractivity contribution in [1.29, 1.82) is 0 Å². The molecule has 0 aliphatic rings. The molecule has 3 N–H and O–H groups in total. The van der Waals surface area contributed by atoms with Gasteiger partial charge in [-0.05, 0) is 32.4 Å². The summed E-state index contributed by atoms with van der Waals surface area (Å²) < 4.78 is 37.3. The van der Waals surface area contributed by atoms with Crippen molar-refractivity contribution in [3.8, 4) is 0 Å². The van der Waals surface area contributed by atoms with Gasteiger partial charge in [0.05, 0.1) is 18.1 Å². The predicted octanol–water partition coefficient (Wildman–Crippen LogP) is 1.50. The lowest BCUT2D eigenvalue weighted by molar-refractivity contribution is 0.0702. The molecule has 0 atom stereocenters. The number of sulfonamides is 1. The van der Waals surface area contributed by atoms with Gasteiger partial charge in [0, 0.05) is 39.9 Å². The zero-order chi connectivity index (χ0) is 20.0. The van der Waals surface area contributed by atoms with Gasteiger partial charge in [0.2, 0.25) is 10.0 Å². The van der Waals surface area contributed by atoms with Gasteiger partial charge in [-0.1, -0.05) is 17.7 Å². The first-order chi connectivity index (χ1) is 13.0. The second kappa shape index (κ2) is 15.9. The molecule has 0 heterocycles. The highest BCUT2D eigenvalue weighted by atomic mass is 127. The zero-order valence-electron chi connectivity index (χ0n) is 16.9. The number of hydrogen-bond acceptors (Lipinski definition) is 5. The van der Waals surface area contributed by atoms with Crippen LogP contribution in [0.15, 0.2) is 34.2 Å². The van der Waals surface area contributed by atoms with Crippen LogP contribution in [0.4, 0.5) is 0 Å². The van der Waals surface area contributed by atoms with E-state index >= 15 is 0 Å². The van der Waals surface area contributed by atoms with Gasteiger partial charge in [-0.3, -0.25) is 4.99 Å². The van der Waals surface area contributed by atoms with Gasteiger partial charge in [0.1, 0.15) is 0 Å². The number of nitrogens with one attached hydrogen (secondary N) is 3. The van der Waals surface area contributed by atoms with Gasteiger partial charge in [-0.25, -0.2) is 13.1 Å². The first-order valence-corrected chi connectivity index (χ1v) is 10.6. The largest absolute Gasteiger partial charge is 0.382 e. The number of methoxy groups -OCH3 is 1. The van der Waals surface area contributed by atoms with E-state index in [4.69, 9.17) is 9.47 Å². The Bertz CT molecular complexity index is 654. The van der Waals surface area contributed by atoms with Crippen molar-refractivity contribution in [2.75, 3.05) is 53.1 Å². The monoisotopic (exact) mass is 528 g/mol. The van der Waals surface area contributed by atoms with Gasteiger partial charge >= 0.3 is 0 Å². The first-order valence-electron chi connectivity index (χ1n) is 9.14. The quantitative estimate of drug-likeness (QED) is 0.155. The van der Waals surface area contributed by atoms with Crippen LogP contribution in [-0.2, 0) is 19.5 Å². The van der Waals surface area contributed by atoms with Crippen molar-refractivity contribution in [3.05, 3.63) is 29.8 Å². The number of halogens is 1. The van der Waals surface area contributed by atoms with Crippen molar-refractivity contribution in [2.24, 2.45) is 4.99 Å². The molecule has 0 aliphatic heterocycles. The fourth-order valence-corrected chi connectivity index (χ4v) is 3.14. The van der Waals surface area contributed by atoms with Crippen molar-refractivity contribution in [3.63, 3.8) is 0 Å². The van der Waals surface area contributed by atoms with Crippen LogP contribution >= 0.6 is 24.0 Å². The minimum absolute atomic E-state index is 0. The number of nitrogens with zero attached hydrogens (tertiary/aromatic N) is 1. The van der Waals surface area contributed by atoms with E-state index in [1.165, 1.54) is 0 Å². The van der Waals surface area contributed by atoms with Gasteiger partial charge < -0.3 is 20.1 Å². The Labute approximate surface area is 185 Å². The molecular weight excluding hydrogens is 495 g/mol. The number of guanidine groups is 1. The maximum Gasteiger partial charge on any atom is 0.240 e. The highest BCUT2D eigenvalue weighted by Gasteiger charge is 2.12. The zero-order valence-corrected chi connectivity index (χ0v) is 20.0. The second-order valence-electron chi connectivity index (χ2n) is 5.86. The van der Waals surface area contributed by atoms with Crippen molar-refractivity contribution >= 4 is 40.0 Å².